The predicted octanol–water partition coefficient (Wildman–Crippen LogP) is 3.38. The van der Waals surface area contributed by atoms with Crippen LogP contribution in [0.5, 0.6) is 0 Å². The van der Waals surface area contributed by atoms with Crippen molar-refractivity contribution in [2.75, 3.05) is 5.32 Å². The molecule has 0 bridgehead atoms. The highest BCUT2D eigenvalue weighted by Crippen LogP contribution is 2.13. The second-order valence-electron chi connectivity index (χ2n) is 5.29. The van der Waals surface area contributed by atoms with Crippen LogP contribution < -0.4 is 5.32 Å². The minimum atomic E-state index is 0.443. The summed E-state index contributed by atoms with van der Waals surface area (Å²) in [6.45, 7) is 10.3. The smallest absolute Gasteiger partial charge is 0.148 e. The van der Waals surface area contributed by atoms with E-state index in [0.29, 0.717) is 6.04 Å². The highest BCUT2D eigenvalue weighted by Gasteiger charge is 2.07. The van der Waals surface area contributed by atoms with Crippen LogP contribution >= 0.6 is 0 Å². The first-order valence-electron chi connectivity index (χ1n) is 7.46. The Morgan fingerprint density at radius 3 is 2.80 bits per heavy atom. The van der Waals surface area contributed by atoms with Crippen molar-refractivity contribution < 1.29 is 0 Å². The Morgan fingerprint density at radius 1 is 1.30 bits per heavy atom. The van der Waals surface area contributed by atoms with Crippen LogP contribution in [-0.4, -0.2) is 19.6 Å². The molecule has 0 aliphatic rings. The minimum Gasteiger partial charge on any atom is -0.363 e. The van der Waals surface area contributed by atoms with Crippen LogP contribution in [0.4, 0.5) is 5.82 Å². The highest BCUT2D eigenvalue weighted by molar-refractivity contribution is 5.33. The molecule has 0 spiro atoms. The number of anilines is 1. The molecule has 2 aromatic heterocycles. The standard InChI is InChI=1S/C15H25N5/c1-5-8-20-14(10-12(3)17-20)11-16-15-7-9-19(18-15)13(4)6-2/h7,9-10,13H,5-6,8,11H2,1-4H3,(H,16,18)/t13-/m1/s1. The van der Waals surface area contributed by atoms with Crippen molar-refractivity contribution in [3.05, 3.63) is 29.7 Å². The zero-order valence-corrected chi connectivity index (χ0v) is 12.9. The molecule has 5 heteroatoms. The van der Waals surface area contributed by atoms with Gasteiger partial charge in [0.05, 0.1) is 17.9 Å². The number of hydrogen-bond donors (Lipinski definition) is 1. The van der Waals surface area contributed by atoms with E-state index in [9.17, 15) is 0 Å². The van der Waals surface area contributed by atoms with Crippen molar-refractivity contribution in [2.24, 2.45) is 0 Å². The van der Waals surface area contributed by atoms with Crippen LogP contribution in [0.2, 0.25) is 0 Å². The zero-order valence-electron chi connectivity index (χ0n) is 12.9. The molecule has 1 atom stereocenters. The van der Waals surface area contributed by atoms with Gasteiger partial charge in [0.15, 0.2) is 0 Å². The van der Waals surface area contributed by atoms with Crippen LogP contribution in [-0.2, 0) is 13.1 Å². The van der Waals surface area contributed by atoms with Gasteiger partial charge in [-0.1, -0.05) is 13.8 Å². The number of aryl methyl sites for hydroxylation is 2. The third-order valence-corrected chi connectivity index (χ3v) is 3.52. The van der Waals surface area contributed by atoms with Gasteiger partial charge in [0, 0.05) is 24.8 Å². The third kappa shape index (κ3) is 3.40. The van der Waals surface area contributed by atoms with Gasteiger partial charge >= 0.3 is 0 Å². The van der Waals surface area contributed by atoms with Gasteiger partial charge in [0.1, 0.15) is 5.82 Å². The monoisotopic (exact) mass is 275 g/mol. The third-order valence-electron chi connectivity index (χ3n) is 3.52. The Hall–Kier alpha value is -1.78. The molecular formula is C15H25N5. The summed E-state index contributed by atoms with van der Waals surface area (Å²) < 4.78 is 4.09. The average Bonchev–Trinajstić information content (AvgIpc) is 3.03. The summed E-state index contributed by atoms with van der Waals surface area (Å²) in [5.41, 5.74) is 2.28. The number of aromatic nitrogens is 4. The summed E-state index contributed by atoms with van der Waals surface area (Å²) in [4.78, 5) is 0. The zero-order chi connectivity index (χ0) is 14.5. The van der Waals surface area contributed by atoms with E-state index in [-0.39, 0.29) is 0 Å². The van der Waals surface area contributed by atoms with Crippen LogP contribution in [0, 0.1) is 6.92 Å². The first-order chi connectivity index (χ1) is 9.63. The van der Waals surface area contributed by atoms with Crippen LogP contribution in [0.1, 0.15) is 51.0 Å². The Labute approximate surface area is 121 Å². The fourth-order valence-corrected chi connectivity index (χ4v) is 2.19. The van der Waals surface area contributed by atoms with Crippen LogP contribution in [0.3, 0.4) is 0 Å². The molecule has 0 aliphatic carbocycles. The van der Waals surface area contributed by atoms with Gasteiger partial charge in [-0.05, 0) is 32.8 Å². The number of hydrogen-bond acceptors (Lipinski definition) is 3. The second kappa shape index (κ2) is 6.59. The quantitative estimate of drug-likeness (QED) is 0.842. The summed E-state index contributed by atoms with van der Waals surface area (Å²) in [6, 6.07) is 4.60. The molecule has 0 saturated carbocycles. The first kappa shape index (κ1) is 14.6. The van der Waals surface area contributed by atoms with E-state index in [1.807, 2.05) is 23.9 Å². The minimum absolute atomic E-state index is 0.443. The van der Waals surface area contributed by atoms with Crippen LogP contribution in [0.15, 0.2) is 18.3 Å². The lowest BCUT2D eigenvalue weighted by atomic mass is 10.3. The lowest BCUT2D eigenvalue weighted by molar-refractivity contribution is 0.479. The molecule has 0 fully saturated rings. The molecule has 2 aromatic rings. The van der Waals surface area contributed by atoms with E-state index in [1.165, 1.54) is 5.69 Å². The average molecular weight is 275 g/mol. The van der Waals surface area contributed by atoms with Crippen molar-refractivity contribution in [1.82, 2.24) is 19.6 Å². The number of nitrogens with one attached hydrogen (secondary N) is 1. The van der Waals surface area contributed by atoms with Crippen molar-refractivity contribution >= 4 is 5.82 Å². The van der Waals surface area contributed by atoms with E-state index in [4.69, 9.17) is 0 Å². The molecule has 110 valence electrons. The topological polar surface area (TPSA) is 47.7 Å². The Bertz CT molecular complexity index is 540. The number of nitrogens with zero attached hydrogens (tertiary/aromatic N) is 4. The van der Waals surface area contributed by atoms with Gasteiger partial charge < -0.3 is 5.32 Å². The molecule has 0 saturated heterocycles. The van der Waals surface area contributed by atoms with Gasteiger partial charge in [-0.2, -0.15) is 10.2 Å². The molecule has 0 aromatic carbocycles. The molecule has 20 heavy (non-hydrogen) atoms. The van der Waals surface area contributed by atoms with Gasteiger partial charge in [-0.3, -0.25) is 9.36 Å². The Balaban J connectivity index is 1.99. The largest absolute Gasteiger partial charge is 0.363 e. The van der Waals surface area contributed by atoms with Gasteiger partial charge in [0.2, 0.25) is 0 Å². The molecule has 1 N–H and O–H groups in total. The molecule has 2 heterocycles. The maximum Gasteiger partial charge on any atom is 0.148 e. The van der Waals surface area contributed by atoms with Crippen molar-refractivity contribution in [3.63, 3.8) is 0 Å². The van der Waals surface area contributed by atoms with E-state index in [0.717, 1.165) is 37.4 Å². The maximum atomic E-state index is 4.55. The molecular weight excluding hydrogens is 250 g/mol. The highest BCUT2D eigenvalue weighted by atomic mass is 15.3. The molecule has 5 nitrogen and oxygen atoms in total. The van der Waals surface area contributed by atoms with E-state index >= 15 is 0 Å². The molecule has 2 rings (SSSR count). The van der Waals surface area contributed by atoms with Crippen molar-refractivity contribution in [3.8, 4) is 0 Å². The number of rotatable bonds is 7. The Kier molecular flexibility index (Phi) is 4.82. The molecule has 0 aliphatic heterocycles. The van der Waals surface area contributed by atoms with E-state index < -0.39 is 0 Å². The van der Waals surface area contributed by atoms with Gasteiger partial charge in [-0.15, -0.1) is 0 Å². The van der Waals surface area contributed by atoms with Crippen molar-refractivity contribution in [2.45, 2.75) is 59.7 Å². The summed E-state index contributed by atoms with van der Waals surface area (Å²) >= 11 is 0. The molecule has 0 unspecified atom stereocenters. The summed E-state index contributed by atoms with van der Waals surface area (Å²) in [5.74, 6) is 0.923. The van der Waals surface area contributed by atoms with Gasteiger partial charge in [0.25, 0.3) is 0 Å². The van der Waals surface area contributed by atoms with Crippen molar-refractivity contribution in [1.29, 1.82) is 0 Å². The fraction of sp³-hybridized carbons (Fsp3) is 0.600. The Morgan fingerprint density at radius 2 is 2.10 bits per heavy atom. The van der Waals surface area contributed by atoms with Crippen LogP contribution in [0.25, 0.3) is 0 Å². The lowest BCUT2D eigenvalue weighted by Crippen LogP contribution is -2.10. The summed E-state index contributed by atoms with van der Waals surface area (Å²) in [6.07, 6.45) is 4.21. The molecule has 0 amide bonds. The lowest BCUT2D eigenvalue weighted by Gasteiger charge is -2.09. The fourth-order valence-electron chi connectivity index (χ4n) is 2.19. The van der Waals surface area contributed by atoms with E-state index in [2.05, 4.69) is 47.0 Å². The first-order valence-corrected chi connectivity index (χ1v) is 7.46. The summed E-state index contributed by atoms with van der Waals surface area (Å²) in [5, 5.41) is 12.4. The normalized spacial score (nSPS) is 12.6. The predicted molar refractivity (Wildman–Crippen MR) is 81.8 cm³/mol. The second-order valence-corrected chi connectivity index (χ2v) is 5.29. The summed E-state index contributed by atoms with van der Waals surface area (Å²) in [7, 11) is 0. The SMILES string of the molecule is CCCn1nc(C)cc1CNc1ccn([C@H](C)CC)n1. The maximum absolute atomic E-state index is 4.55. The van der Waals surface area contributed by atoms with E-state index in [1.54, 1.807) is 0 Å². The van der Waals surface area contributed by atoms with Gasteiger partial charge in [-0.25, -0.2) is 0 Å². The molecule has 0 radical (unpaired) electrons.